The molecule has 3 nitrogen and oxygen atoms in total. The van der Waals surface area contributed by atoms with E-state index in [1.165, 1.54) is 0 Å². The fraction of sp³-hybridized carbons (Fsp3) is 0.280. The summed E-state index contributed by atoms with van der Waals surface area (Å²) in [5.41, 5.74) is 2.13. The van der Waals surface area contributed by atoms with Gasteiger partial charge in [0.05, 0.1) is 10.9 Å². The van der Waals surface area contributed by atoms with Crippen molar-refractivity contribution in [2.75, 3.05) is 18.8 Å². The number of carbonyl (C=O) groups is 1. The summed E-state index contributed by atoms with van der Waals surface area (Å²) >= 11 is 1.82. The van der Waals surface area contributed by atoms with Crippen molar-refractivity contribution in [1.29, 1.82) is 0 Å². The maximum Gasteiger partial charge on any atom is 0.234 e. The number of carbonyl (C=O) groups excluding carboxylic acids is 1. The summed E-state index contributed by atoms with van der Waals surface area (Å²) in [6.07, 6.45) is 3.96. The molecule has 4 rings (SSSR count). The number of piperidine rings is 1. The number of aromatic nitrogens is 1. The van der Waals surface area contributed by atoms with E-state index in [-0.39, 0.29) is 11.8 Å². The molecule has 1 aliphatic heterocycles. The number of rotatable bonds is 6. The number of thioether (sulfide) groups is 1. The number of nitrogens with zero attached hydrogens (tertiary/aromatic N) is 2. The lowest BCUT2D eigenvalue weighted by molar-refractivity contribution is -0.133. The summed E-state index contributed by atoms with van der Waals surface area (Å²) in [5.74, 6) is 1.70. The summed E-state index contributed by atoms with van der Waals surface area (Å²) in [6, 6.07) is 26.3. The van der Waals surface area contributed by atoms with Gasteiger partial charge in [0.25, 0.3) is 0 Å². The fourth-order valence-corrected chi connectivity index (χ4v) is 4.96. The monoisotopic (exact) mass is 402 g/mol. The number of hydrogen-bond acceptors (Lipinski definition) is 3. The average molecular weight is 403 g/mol. The van der Waals surface area contributed by atoms with Crippen LogP contribution in [0.4, 0.5) is 0 Å². The van der Waals surface area contributed by atoms with Gasteiger partial charge in [-0.1, -0.05) is 66.7 Å². The zero-order valence-corrected chi connectivity index (χ0v) is 17.3. The van der Waals surface area contributed by atoms with Gasteiger partial charge in [-0.15, -0.1) is 11.8 Å². The first-order valence-corrected chi connectivity index (χ1v) is 11.2. The Hall–Kier alpha value is -2.59. The van der Waals surface area contributed by atoms with Gasteiger partial charge in [-0.05, 0) is 42.0 Å². The van der Waals surface area contributed by atoms with E-state index in [9.17, 15) is 4.79 Å². The molecule has 0 radical (unpaired) electrons. The normalized spacial score (nSPS) is 14.9. The second kappa shape index (κ2) is 9.75. The maximum atomic E-state index is 13.5. The first kappa shape index (κ1) is 19.7. The lowest BCUT2D eigenvalue weighted by Gasteiger charge is -2.34. The van der Waals surface area contributed by atoms with Gasteiger partial charge in [0.1, 0.15) is 0 Å². The van der Waals surface area contributed by atoms with Crippen LogP contribution in [-0.2, 0) is 4.79 Å². The van der Waals surface area contributed by atoms with Crippen LogP contribution < -0.4 is 0 Å². The van der Waals surface area contributed by atoms with Crippen LogP contribution >= 0.6 is 11.8 Å². The van der Waals surface area contributed by atoms with Crippen LogP contribution in [-0.4, -0.2) is 34.6 Å². The molecular formula is C25H26N2OS. The molecule has 0 saturated carbocycles. The molecule has 1 fully saturated rings. The molecule has 0 N–H and O–H groups in total. The fourth-order valence-electron chi connectivity index (χ4n) is 3.91. The third-order valence-corrected chi connectivity index (χ3v) is 6.72. The molecule has 0 unspecified atom stereocenters. The second-order valence-corrected chi connectivity index (χ2v) is 8.54. The number of hydrogen-bond donors (Lipinski definition) is 0. The molecule has 2 heterocycles. The molecular weight excluding hydrogens is 376 g/mol. The van der Waals surface area contributed by atoms with Crippen molar-refractivity contribution in [2.45, 2.75) is 23.8 Å². The Morgan fingerprint density at radius 2 is 1.48 bits per heavy atom. The minimum atomic E-state index is -0.225. The van der Waals surface area contributed by atoms with Crippen LogP contribution in [0.1, 0.15) is 29.9 Å². The zero-order chi connectivity index (χ0) is 19.9. The van der Waals surface area contributed by atoms with E-state index in [0.717, 1.165) is 47.8 Å². The predicted octanol–water partition coefficient (Wildman–Crippen LogP) is 5.24. The van der Waals surface area contributed by atoms with Crippen LogP contribution in [0.25, 0.3) is 0 Å². The molecule has 0 atom stereocenters. The first-order valence-electron chi connectivity index (χ1n) is 10.2. The second-order valence-electron chi connectivity index (χ2n) is 7.50. The van der Waals surface area contributed by atoms with Crippen molar-refractivity contribution < 1.29 is 4.79 Å². The van der Waals surface area contributed by atoms with Crippen LogP contribution in [0.3, 0.4) is 0 Å². The van der Waals surface area contributed by atoms with Gasteiger partial charge in [-0.3, -0.25) is 4.79 Å². The van der Waals surface area contributed by atoms with Gasteiger partial charge in [-0.25, -0.2) is 4.98 Å². The van der Waals surface area contributed by atoms with Gasteiger partial charge in [0, 0.05) is 25.0 Å². The smallest absolute Gasteiger partial charge is 0.234 e. The van der Waals surface area contributed by atoms with Crippen molar-refractivity contribution in [3.8, 4) is 0 Å². The van der Waals surface area contributed by atoms with Gasteiger partial charge < -0.3 is 4.90 Å². The van der Waals surface area contributed by atoms with E-state index in [1.807, 2.05) is 66.5 Å². The Balaban J connectivity index is 1.40. The first-order chi connectivity index (χ1) is 14.3. The third-order valence-electron chi connectivity index (χ3n) is 5.54. The number of benzene rings is 2. The average Bonchev–Trinajstić information content (AvgIpc) is 2.80. The van der Waals surface area contributed by atoms with Crippen LogP contribution in [0.15, 0.2) is 90.1 Å². The standard InChI is InChI=1S/C25H26N2OS/c28-25(24(21-9-3-1-4-10-21)22-11-5-2-6-12-22)27-17-14-20(15-18-27)19-29-23-13-7-8-16-26-23/h1-13,16,20,24H,14-15,17-19H2. The molecule has 1 amide bonds. The highest BCUT2D eigenvalue weighted by Crippen LogP contribution is 2.30. The quantitative estimate of drug-likeness (QED) is 0.528. The van der Waals surface area contributed by atoms with Crippen LogP contribution in [0.5, 0.6) is 0 Å². The lowest BCUT2D eigenvalue weighted by atomic mass is 9.88. The number of likely N-dealkylation sites (tertiary alicyclic amines) is 1. The molecule has 0 aliphatic carbocycles. The van der Waals surface area contributed by atoms with Gasteiger partial charge in [0.2, 0.25) is 5.91 Å². The van der Waals surface area contributed by atoms with Crippen LogP contribution in [0.2, 0.25) is 0 Å². The predicted molar refractivity (Wildman–Crippen MR) is 119 cm³/mol. The highest BCUT2D eigenvalue weighted by Gasteiger charge is 2.30. The molecule has 1 aliphatic rings. The van der Waals surface area contributed by atoms with Crippen molar-refractivity contribution in [3.05, 3.63) is 96.2 Å². The van der Waals surface area contributed by atoms with Gasteiger partial charge >= 0.3 is 0 Å². The highest BCUT2D eigenvalue weighted by atomic mass is 32.2. The Bertz CT molecular complexity index is 854. The SMILES string of the molecule is O=C(C(c1ccccc1)c1ccccc1)N1CCC(CSc2ccccn2)CC1. The summed E-state index contributed by atoms with van der Waals surface area (Å²) in [4.78, 5) is 20.0. The minimum absolute atomic E-state index is 0.221. The van der Waals surface area contributed by atoms with E-state index in [1.54, 1.807) is 0 Å². The van der Waals surface area contributed by atoms with Crippen molar-refractivity contribution in [1.82, 2.24) is 9.88 Å². The number of pyridine rings is 1. The van der Waals surface area contributed by atoms with E-state index in [2.05, 4.69) is 40.2 Å². The molecule has 29 heavy (non-hydrogen) atoms. The molecule has 2 aromatic carbocycles. The molecule has 1 aromatic heterocycles. The number of amides is 1. The molecule has 4 heteroatoms. The Morgan fingerprint density at radius 3 is 2.03 bits per heavy atom. The summed E-state index contributed by atoms with van der Waals surface area (Å²) < 4.78 is 0. The summed E-state index contributed by atoms with van der Waals surface area (Å²) in [7, 11) is 0. The maximum absolute atomic E-state index is 13.5. The lowest BCUT2D eigenvalue weighted by Crippen LogP contribution is -2.41. The Labute approximate surface area is 177 Å². The van der Waals surface area contributed by atoms with Crippen molar-refractivity contribution in [2.24, 2.45) is 5.92 Å². The van der Waals surface area contributed by atoms with Crippen molar-refractivity contribution in [3.63, 3.8) is 0 Å². The molecule has 0 bridgehead atoms. The third kappa shape index (κ3) is 5.07. The Kier molecular flexibility index (Phi) is 6.63. The van der Waals surface area contributed by atoms with E-state index < -0.39 is 0 Å². The molecule has 0 spiro atoms. The zero-order valence-electron chi connectivity index (χ0n) is 16.5. The Morgan fingerprint density at radius 1 is 0.897 bits per heavy atom. The highest BCUT2D eigenvalue weighted by molar-refractivity contribution is 7.99. The molecule has 148 valence electrons. The van der Waals surface area contributed by atoms with E-state index in [4.69, 9.17) is 0 Å². The largest absolute Gasteiger partial charge is 0.342 e. The summed E-state index contributed by atoms with van der Waals surface area (Å²) in [5, 5.41) is 1.08. The van der Waals surface area contributed by atoms with Gasteiger partial charge in [0.15, 0.2) is 0 Å². The topological polar surface area (TPSA) is 33.2 Å². The van der Waals surface area contributed by atoms with E-state index >= 15 is 0 Å². The van der Waals surface area contributed by atoms with E-state index in [0.29, 0.717) is 5.92 Å². The van der Waals surface area contributed by atoms with Crippen molar-refractivity contribution >= 4 is 17.7 Å². The molecule has 3 aromatic rings. The minimum Gasteiger partial charge on any atom is -0.342 e. The summed E-state index contributed by atoms with van der Waals surface area (Å²) in [6.45, 7) is 1.67. The molecule has 1 saturated heterocycles. The van der Waals surface area contributed by atoms with Gasteiger partial charge in [-0.2, -0.15) is 0 Å². The van der Waals surface area contributed by atoms with Crippen LogP contribution in [0, 0.1) is 5.92 Å².